The first-order chi connectivity index (χ1) is 6.85. The van der Waals surface area contributed by atoms with Gasteiger partial charge in [0.15, 0.2) is 11.3 Å². The first-order valence-corrected chi connectivity index (χ1v) is 4.22. The van der Waals surface area contributed by atoms with E-state index in [0.717, 1.165) is 5.69 Å². The summed E-state index contributed by atoms with van der Waals surface area (Å²) in [7, 11) is 0. The fraction of sp³-hybridized carbons (Fsp3) is 0.100. The van der Waals surface area contributed by atoms with Crippen molar-refractivity contribution in [1.29, 1.82) is 5.26 Å². The molecular formula is C10H8N4. The number of nitrogens with zero attached hydrogens (tertiary/aromatic N) is 4. The van der Waals surface area contributed by atoms with Crippen molar-refractivity contribution in [2.45, 2.75) is 6.92 Å². The normalized spacial score (nSPS) is 10.9. The maximum Gasteiger partial charge on any atom is 0.162 e. The van der Waals surface area contributed by atoms with Gasteiger partial charge in [0.1, 0.15) is 6.07 Å². The van der Waals surface area contributed by atoms with E-state index >= 15 is 0 Å². The standard InChI is InChI=1S/C10H8N4/c1-2-3-8-4-5-10-12-7-9(6-11)14(10)13-8/h2-5,7H,1H3/b3-2+. The van der Waals surface area contributed by atoms with E-state index < -0.39 is 0 Å². The first-order valence-electron chi connectivity index (χ1n) is 4.22. The van der Waals surface area contributed by atoms with Crippen LogP contribution in [0.4, 0.5) is 0 Å². The molecule has 2 rings (SSSR count). The van der Waals surface area contributed by atoms with E-state index in [9.17, 15) is 0 Å². The summed E-state index contributed by atoms with van der Waals surface area (Å²) in [6.07, 6.45) is 5.29. The van der Waals surface area contributed by atoms with Gasteiger partial charge in [0.2, 0.25) is 0 Å². The number of aromatic nitrogens is 3. The molecule has 2 aromatic rings. The van der Waals surface area contributed by atoms with E-state index in [1.807, 2.05) is 37.3 Å². The zero-order chi connectivity index (χ0) is 9.97. The molecule has 0 aromatic carbocycles. The zero-order valence-electron chi connectivity index (χ0n) is 7.68. The van der Waals surface area contributed by atoms with Crippen molar-refractivity contribution in [3.63, 3.8) is 0 Å². The van der Waals surface area contributed by atoms with Gasteiger partial charge >= 0.3 is 0 Å². The van der Waals surface area contributed by atoms with E-state index in [-0.39, 0.29) is 0 Å². The van der Waals surface area contributed by atoms with Crippen LogP contribution in [0.2, 0.25) is 0 Å². The summed E-state index contributed by atoms with van der Waals surface area (Å²) >= 11 is 0. The third kappa shape index (κ3) is 1.25. The van der Waals surface area contributed by atoms with Gasteiger partial charge in [-0.05, 0) is 25.1 Å². The van der Waals surface area contributed by atoms with Gasteiger partial charge in [0, 0.05) is 0 Å². The van der Waals surface area contributed by atoms with Gasteiger partial charge in [-0.1, -0.05) is 6.08 Å². The molecule has 0 spiro atoms. The molecule has 14 heavy (non-hydrogen) atoms. The van der Waals surface area contributed by atoms with E-state index in [4.69, 9.17) is 5.26 Å². The maximum absolute atomic E-state index is 8.78. The van der Waals surface area contributed by atoms with Crippen LogP contribution in [-0.2, 0) is 0 Å². The molecule has 2 heterocycles. The Morgan fingerprint density at radius 3 is 3.07 bits per heavy atom. The summed E-state index contributed by atoms with van der Waals surface area (Å²) < 4.78 is 1.54. The number of hydrogen-bond acceptors (Lipinski definition) is 3. The second kappa shape index (κ2) is 3.30. The van der Waals surface area contributed by atoms with Crippen molar-refractivity contribution in [1.82, 2.24) is 14.6 Å². The SMILES string of the molecule is C/C=C/c1ccc2ncc(C#N)n2n1. The minimum atomic E-state index is 0.450. The van der Waals surface area contributed by atoms with Crippen molar-refractivity contribution in [2.24, 2.45) is 0 Å². The molecule has 0 unspecified atom stereocenters. The van der Waals surface area contributed by atoms with Crippen molar-refractivity contribution >= 4 is 11.7 Å². The van der Waals surface area contributed by atoms with E-state index in [1.54, 1.807) is 0 Å². The summed E-state index contributed by atoms with van der Waals surface area (Å²) in [6, 6.07) is 5.73. The van der Waals surface area contributed by atoms with Crippen LogP contribution in [0.1, 0.15) is 18.3 Å². The fourth-order valence-electron chi connectivity index (χ4n) is 1.22. The molecule has 0 radical (unpaired) electrons. The fourth-order valence-corrected chi connectivity index (χ4v) is 1.22. The van der Waals surface area contributed by atoms with Gasteiger partial charge in [-0.3, -0.25) is 0 Å². The summed E-state index contributed by atoms with van der Waals surface area (Å²) in [5.41, 5.74) is 1.95. The molecule has 0 saturated heterocycles. The second-order valence-electron chi connectivity index (χ2n) is 2.78. The predicted octanol–water partition coefficient (Wildman–Crippen LogP) is 1.63. The molecule has 4 heteroatoms. The number of fused-ring (bicyclic) bond motifs is 1. The Labute approximate surface area is 81.1 Å². The van der Waals surface area contributed by atoms with Gasteiger partial charge in [-0.25, -0.2) is 9.50 Å². The molecule has 4 nitrogen and oxygen atoms in total. The van der Waals surface area contributed by atoms with Gasteiger partial charge in [-0.15, -0.1) is 0 Å². The molecular weight excluding hydrogens is 176 g/mol. The maximum atomic E-state index is 8.78. The van der Waals surface area contributed by atoms with Crippen LogP contribution in [0.25, 0.3) is 11.7 Å². The van der Waals surface area contributed by atoms with Crippen LogP contribution < -0.4 is 0 Å². The molecule has 0 aliphatic carbocycles. The van der Waals surface area contributed by atoms with Crippen molar-refractivity contribution in [2.75, 3.05) is 0 Å². The highest BCUT2D eigenvalue weighted by molar-refractivity contribution is 5.49. The van der Waals surface area contributed by atoms with Crippen molar-refractivity contribution in [3.05, 3.63) is 35.8 Å². The van der Waals surface area contributed by atoms with E-state index in [2.05, 4.69) is 10.1 Å². The lowest BCUT2D eigenvalue weighted by molar-refractivity contribution is 0.911. The van der Waals surface area contributed by atoms with Crippen molar-refractivity contribution < 1.29 is 0 Å². The summed E-state index contributed by atoms with van der Waals surface area (Å²) in [5.74, 6) is 0. The average molecular weight is 184 g/mol. The second-order valence-corrected chi connectivity index (χ2v) is 2.78. The van der Waals surface area contributed by atoms with Crippen LogP contribution in [0.15, 0.2) is 24.4 Å². The highest BCUT2D eigenvalue weighted by atomic mass is 15.3. The Morgan fingerprint density at radius 2 is 2.36 bits per heavy atom. The lowest BCUT2D eigenvalue weighted by Crippen LogP contribution is -1.95. The number of imidazole rings is 1. The number of rotatable bonds is 1. The Bertz CT molecular complexity index is 531. The lowest BCUT2D eigenvalue weighted by atomic mass is 10.3. The Hall–Kier alpha value is -2.15. The number of hydrogen-bond donors (Lipinski definition) is 0. The summed E-state index contributed by atoms with van der Waals surface area (Å²) in [5, 5.41) is 13.0. The van der Waals surface area contributed by atoms with Gasteiger partial charge in [-0.2, -0.15) is 10.4 Å². The molecule has 0 bridgehead atoms. The topological polar surface area (TPSA) is 54.0 Å². The highest BCUT2D eigenvalue weighted by Crippen LogP contribution is 2.05. The molecule has 0 fully saturated rings. The summed E-state index contributed by atoms with van der Waals surface area (Å²) in [4.78, 5) is 4.04. The van der Waals surface area contributed by atoms with Gasteiger partial charge in [0.05, 0.1) is 11.9 Å². The van der Waals surface area contributed by atoms with Crippen LogP contribution in [-0.4, -0.2) is 14.6 Å². The molecule has 0 N–H and O–H groups in total. The largest absolute Gasteiger partial charge is 0.234 e. The molecule has 0 atom stereocenters. The Kier molecular flexibility index (Phi) is 1.99. The molecule has 0 aliphatic rings. The van der Waals surface area contributed by atoms with Crippen LogP contribution in [0.5, 0.6) is 0 Å². The van der Waals surface area contributed by atoms with Crippen LogP contribution in [0, 0.1) is 11.3 Å². The highest BCUT2D eigenvalue weighted by Gasteiger charge is 2.02. The Balaban J connectivity index is 2.68. The van der Waals surface area contributed by atoms with Crippen molar-refractivity contribution in [3.8, 4) is 6.07 Å². The third-order valence-corrected chi connectivity index (χ3v) is 1.83. The van der Waals surface area contributed by atoms with Gasteiger partial charge < -0.3 is 0 Å². The predicted molar refractivity (Wildman–Crippen MR) is 52.4 cm³/mol. The van der Waals surface area contributed by atoms with Crippen LogP contribution in [0.3, 0.4) is 0 Å². The first kappa shape index (κ1) is 8.45. The average Bonchev–Trinajstić information content (AvgIpc) is 2.60. The minimum absolute atomic E-state index is 0.450. The Morgan fingerprint density at radius 1 is 1.50 bits per heavy atom. The lowest BCUT2D eigenvalue weighted by Gasteiger charge is -1.95. The molecule has 0 aliphatic heterocycles. The minimum Gasteiger partial charge on any atom is -0.234 e. The quantitative estimate of drug-likeness (QED) is 0.676. The number of allylic oxidation sites excluding steroid dienone is 1. The molecule has 68 valence electrons. The number of nitriles is 1. The van der Waals surface area contributed by atoms with Gasteiger partial charge in [0.25, 0.3) is 0 Å². The van der Waals surface area contributed by atoms with Crippen LogP contribution >= 0.6 is 0 Å². The summed E-state index contributed by atoms with van der Waals surface area (Å²) in [6.45, 7) is 1.92. The monoisotopic (exact) mass is 184 g/mol. The molecule has 2 aromatic heterocycles. The third-order valence-electron chi connectivity index (χ3n) is 1.83. The smallest absolute Gasteiger partial charge is 0.162 e. The van der Waals surface area contributed by atoms with E-state index in [1.165, 1.54) is 10.7 Å². The molecule has 0 amide bonds. The molecule has 0 saturated carbocycles. The van der Waals surface area contributed by atoms with E-state index in [0.29, 0.717) is 11.3 Å². The zero-order valence-corrected chi connectivity index (χ0v) is 7.68.